The molecule has 0 fully saturated rings. The third kappa shape index (κ3) is 4.73. The highest BCUT2D eigenvalue weighted by Crippen LogP contribution is 2.19. The van der Waals surface area contributed by atoms with Crippen LogP contribution in [0.15, 0.2) is 24.3 Å². The number of amides is 2. The first-order valence-corrected chi connectivity index (χ1v) is 5.83. The van der Waals surface area contributed by atoms with Gasteiger partial charge in [0.05, 0.1) is 23.8 Å². The van der Waals surface area contributed by atoms with Gasteiger partial charge in [-0.05, 0) is 12.1 Å². The maximum absolute atomic E-state index is 11.6. The van der Waals surface area contributed by atoms with Gasteiger partial charge in [0.25, 0.3) is 0 Å². The molecule has 0 unspecified atom stereocenters. The maximum Gasteiger partial charge on any atom is 0.238 e. The summed E-state index contributed by atoms with van der Waals surface area (Å²) in [7, 11) is 3.32. The molecule has 1 rings (SSSR count). The van der Waals surface area contributed by atoms with Crippen LogP contribution in [-0.4, -0.2) is 43.9 Å². The number of nitrogens with zero attached hydrogens (tertiary/aromatic N) is 1. The molecule has 0 heterocycles. The third-order valence-electron chi connectivity index (χ3n) is 2.21. The number of hydrogen-bond acceptors (Lipinski definition) is 3. The van der Waals surface area contributed by atoms with E-state index >= 15 is 0 Å². The van der Waals surface area contributed by atoms with Crippen molar-refractivity contribution in [2.45, 2.75) is 0 Å². The Labute approximate surface area is 111 Å². The van der Waals surface area contributed by atoms with Gasteiger partial charge >= 0.3 is 0 Å². The monoisotopic (exact) mass is 269 g/mol. The van der Waals surface area contributed by atoms with Crippen LogP contribution in [0.3, 0.4) is 0 Å². The fourth-order valence-corrected chi connectivity index (χ4v) is 1.38. The lowest BCUT2D eigenvalue weighted by molar-refractivity contribution is -0.127. The van der Waals surface area contributed by atoms with Crippen molar-refractivity contribution >= 4 is 29.1 Å². The molecule has 18 heavy (non-hydrogen) atoms. The first kappa shape index (κ1) is 14.5. The Hall–Kier alpha value is -1.59. The predicted molar refractivity (Wildman–Crippen MR) is 71.6 cm³/mol. The quantitative estimate of drug-likeness (QED) is 0.837. The lowest BCUT2D eigenvalue weighted by Crippen LogP contribution is -2.37. The van der Waals surface area contributed by atoms with Crippen molar-refractivity contribution in [1.82, 2.24) is 10.2 Å². The van der Waals surface area contributed by atoms with E-state index in [1.807, 2.05) is 0 Å². The molecule has 0 aliphatic carbocycles. The van der Waals surface area contributed by atoms with Gasteiger partial charge in [0.2, 0.25) is 11.8 Å². The van der Waals surface area contributed by atoms with Gasteiger partial charge in [-0.25, -0.2) is 0 Å². The molecule has 0 saturated carbocycles. The molecule has 1 aromatic rings. The van der Waals surface area contributed by atoms with Crippen LogP contribution in [0, 0.1) is 0 Å². The summed E-state index contributed by atoms with van der Waals surface area (Å²) >= 11 is 5.90. The van der Waals surface area contributed by atoms with Crippen LogP contribution < -0.4 is 10.6 Å². The van der Waals surface area contributed by atoms with E-state index in [1.165, 1.54) is 4.90 Å². The number of anilines is 1. The number of para-hydroxylation sites is 1. The van der Waals surface area contributed by atoms with Crippen LogP contribution in [-0.2, 0) is 9.59 Å². The molecular formula is C12H16ClN3O2. The number of nitrogens with one attached hydrogen (secondary N) is 2. The number of hydrogen-bond donors (Lipinski definition) is 2. The first-order valence-electron chi connectivity index (χ1n) is 5.46. The zero-order valence-corrected chi connectivity index (χ0v) is 11.1. The summed E-state index contributed by atoms with van der Waals surface area (Å²) in [6.07, 6.45) is 0. The average Bonchev–Trinajstić information content (AvgIpc) is 2.32. The summed E-state index contributed by atoms with van der Waals surface area (Å²) in [6.45, 7) is 0.188. The molecule has 0 aromatic heterocycles. The molecular weight excluding hydrogens is 254 g/mol. The van der Waals surface area contributed by atoms with Crippen molar-refractivity contribution in [3.05, 3.63) is 29.3 Å². The number of halogens is 1. The minimum atomic E-state index is -0.241. The minimum Gasteiger partial charge on any atom is -0.348 e. The third-order valence-corrected chi connectivity index (χ3v) is 2.54. The van der Waals surface area contributed by atoms with Gasteiger partial charge in [-0.1, -0.05) is 23.7 Å². The van der Waals surface area contributed by atoms with E-state index in [9.17, 15) is 9.59 Å². The van der Waals surface area contributed by atoms with E-state index in [1.54, 1.807) is 38.4 Å². The van der Waals surface area contributed by atoms with Gasteiger partial charge in [-0.3, -0.25) is 14.9 Å². The molecule has 6 heteroatoms. The highest BCUT2D eigenvalue weighted by Gasteiger charge is 2.07. The van der Waals surface area contributed by atoms with Crippen molar-refractivity contribution in [2.24, 2.45) is 0 Å². The van der Waals surface area contributed by atoms with Gasteiger partial charge in [0, 0.05) is 14.1 Å². The number of carbonyl (C=O) groups is 2. The summed E-state index contributed by atoms with van der Waals surface area (Å²) in [4.78, 5) is 24.3. The summed E-state index contributed by atoms with van der Waals surface area (Å²) in [5.41, 5.74) is 0.560. The summed E-state index contributed by atoms with van der Waals surface area (Å²) in [6, 6.07) is 6.97. The fraction of sp³-hybridized carbons (Fsp3) is 0.333. The van der Waals surface area contributed by atoms with Gasteiger partial charge in [0.15, 0.2) is 0 Å². The van der Waals surface area contributed by atoms with Gasteiger partial charge in [0.1, 0.15) is 0 Å². The Morgan fingerprint density at radius 2 is 1.89 bits per heavy atom. The van der Waals surface area contributed by atoms with Crippen LogP contribution in [0.25, 0.3) is 0 Å². The Kier molecular flexibility index (Phi) is 5.61. The molecule has 0 atom stereocenters. The zero-order chi connectivity index (χ0) is 13.5. The summed E-state index contributed by atoms with van der Waals surface area (Å²) in [5.74, 6) is -0.324. The van der Waals surface area contributed by atoms with Gasteiger partial charge in [-0.2, -0.15) is 0 Å². The van der Waals surface area contributed by atoms with Gasteiger partial charge in [-0.15, -0.1) is 0 Å². The summed E-state index contributed by atoms with van der Waals surface area (Å²) < 4.78 is 0. The second-order valence-electron chi connectivity index (χ2n) is 3.92. The molecule has 0 spiro atoms. The molecule has 0 aliphatic rings. The van der Waals surface area contributed by atoms with Crippen molar-refractivity contribution < 1.29 is 9.59 Å². The Balaban J connectivity index is 2.35. The van der Waals surface area contributed by atoms with Crippen molar-refractivity contribution in [3.63, 3.8) is 0 Å². The molecule has 0 bridgehead atoms. The number of likely N-dealkylation sites (N-methyl/N-ethyl adjacent to an activating group) is 1. The number of rotatable bonds is 5. The van der Waals surface area contributed by atoms with Gasteiger partial charge < -0.3 is 10.2 Å². The lowest BCUT2D eigenvalue weighted by atomic mass is 10.3. The van der Waals surface area contributed by atoms with Crippen LogP contribution in [0.4, 0.5) is 5.69 Å². The topological polar surface area (TPSA) is 61.4 Å². The first-order chi connectivity index (χ1) is 8.50. The van der Waals surface area contributed by atoms with Crippen LogP contribution in [0.2, 0.25) is 5.02 Å². The number of carbonyl (C=O) groups excluding carboxylic acids is 2. The second kappa shape index (κ2) is 6.98. The van der Waals surface area contributed by atoms with E-state index in [2.05, 4.69) is 10.6 Å². The van der Waals surface area contributed by atoms with Crippen LogP contribution >= 0.6 is 11.6 Å². The van der Waals surface area contributed by atoms with E-state index in [0.717, 1.165) is 0 Å². The van der Waals surface area contributed by atoms with Crippen LogP contribution in [0.1, 0.15) is 0 Å². The molecule has 0 saturated heterocycles. The highest BCUT2D eigenvalue weighted by molar-refractivity contribution is 6.33. The van der Waals surface area contributed by atoms with E-state index < -0.39 is 0 Å². The molecule has 1 aromatic carbocycles. The van der Waals surface area contributed by atoms with Crippen molar-refractivity contribution in [3.8, 4) is 0 Å². The maximum atomic E-state index is 11.6. The second-order valence-corrected chi connectivity index (χ2v) is 4.33. The van der Waals surface area contributed by atoms with E-state index in [4.69, 9.17) is 11.6 Å². The largest absolute Gasteiger partial charge is 0.348 e. The van der Waals surface area contributed by atoms with E-state index in [-0.39, 0.29) is 24.9 Å². The fourth-order valence-electron chi connectivity index (χ4n) is 1.20. The normalized spacial score (nSPS) is 9.94. The Bertz CT molecular complexity index is 435. The van der Waals surface area contributed by atoms with Crippen LogP contribution in [0.5, 0.6) is 0 Å². The Morgan fingerprint density at radius 3 is 2.50 bits per heavy atom. The summed E-state index contributed by atoms with van der Waals surface area (Å²) in [5, 5.41) is 5.90. The lowest BCUT2D eigenvalue weighted by Gasteiger charge is -2.11. The Morgan fingerprint density at radius 1 is 1.22 bits per heavy atom. The van der Waals surface area contributed by atoms with E-state index in [0.29, 0.717) is 10.7 Å². The minimum absolute atomic E-state index is 0.0603. The molecule has 0 aliphatic heterocycles. The molecule has 0 radical (unpaired) electrons. The molecule has 2 N–H and O–H groups in total. The average molecular weight is 270 g/mol. The predicted octanol–water partition coefficient (Wildman–Crippen LogP) is 0.956. The standard InChI is InChI=1S/C12H16ClN3O2/c1-16(2)12(18)8-14-7-11(17)15-10-6-4-3-5-9(10)13/h3-6,14H,7-8H2,1-2H3,(H,15,17). The molecule has 2 amide bonds. The SMILES string of the molecule is CN(C)C(=O)CNCC(=O)Nc1ccccc1Cl. The highest BCUT2D eigenvalue weighted by atomic mass is 35.5. The molecule has 98 valence electrons. The molecule has 5 nitrogen and oxygen atoms in total. The zero-order valence-electron chi connectivity index (χ0n) is 10.4. The van der Waals surface area contributed by atoms with Crippen molar-refractivity contribution in [2.75, 3.05) is 32.5 Å². The number of benzene rings is 1. The van der Waals surface area contributed by atoms with Crippen molar-refractivity contribution in [1.29, 1.82) is 0 Å². The smallest absolute Gasteiger partial charge is 0.238 e.